The Morgan fingerprint density at radius 1 is 1.05 bits per heavy atom. The fourth-order valence-electron chi connectivity index (χ4n) is 9.92. The largest absolute Gasteiger partial charge is 0.493 e. The first kappa shape index (κ1) is 40.5. The Morgan fingerprint density at radius 3 is 2.60 bits per heavy atom. The molecule has 0 bridgehead atoms. The Balaban J connectivity index is 1.04. The quantitative estimate of drug-likeness (QED) is 0.109. The van der Waals surface area contributed by atoms with Crippen LogP contribution < -0.4 is 19.5 Å². The number of carbonyl (C=O) groups is 1. The summed E-state index contributed by atoms with van der Waals surface area (Å²) in [6.45, 7) is 6.99. The molecule has 3 aromatic carbocycles. The zero-order chi connectivity index (χ0) is 40.7. The number of benzene rings is 3. The topological polar surface area (TPSA) is 122 Å². The number of methoxy groups -OCH3 is 1. The number of hydrogen-bond donors (Lipinski definition) is 1. The van der Waals surface area contributed by atoms with Gasteiger partial charge >= 0.3 is 5.97 Å². The Morgan fingerprint density at radius 2 is 1.84 bits per heavy atom. The Kier molecular flexibility index (Phi) is 11.4. The number of carbonyl (C=O) groups excluding carboxylic acids is 1. The number of nitrogens with zero attached hydrogens (tertiary/aromatic N) is 1. The van der Waals surface area contributed by atoms with Crippen molar-refractivity contribution in [3.8, 4) is 17.2 Å². The summed E-state index contributed by atoms with van der Waals surface area (Å²) in [7, 11) is -2.52. The molecule has 12 heteroatoms. The number of hydrogen-bond acceptors (Lipinski definition) is 10. The molecule has 1 aliphatic heterocycles. The minimum atomic E-state index is -3.96. The van der Waals surface area contributed by atoms with Gasteiger partial charge in [-0.25, -0.2) is 4.79 Å². The van der Waals surface area contributed by atoms with E-state index in [1.54, 1.807) is 24.3 Å². The number of halogens is 1. The van der Waals surface area contributed by atoms with Crippen LogP contribution in [-0.2, 0) is 42.1 Å². The molecule has 0 saturated heterocycles. The fourth-order valence-corrected chi connectivity index (χ4v) is 11.0. The van der Waals surface area contributed by atoms with Gasteiger partial charge in [0.15, 0.2) is 17.6 Å². The summed E-state index contributed by atoms with van der Waals surface area (Å²) in [5, 5.41) is 4.14. The number of ether oxygens (including phenoxy) is 4. The lowest BCUT2D eigenvalue weighted by molar-refractivity contribution is -0.148. The lowest BCUT2D eigenvalue weighted by Gasteiger charge is -2.48. The van der Waals surface area contributed by atoms with Gasteiger partial charge in [-0.1, -0.05) is 49.2 Å². The number of rotatable bonds is 12. The molecule has 308 valence electrons. The summed E-state index contributed by atoms with van der Waals surface area (Å²) in [4.78, 5) is 18.4. The Hall–Kier alpha value is -4.32. The van der Waals surface area contributed by atoms with E-state index in [4.69, 9.17) is 34.7 Å². The van der Waals surface area contributed by atoms with Gasteiger partial charge in [0.25, 0.3) is 10.1 Å². The first-order valence-corrected chi connectivity index (χ1v) is 22.3. The van der Waals surface area contributed by atoms with Crippen LogP contribution in [0.2, 0.25) is 5.02 Å². The van der Waals surface area contributed by atoms with Crippen molar-refractivity contribution in [2.45, 2.75) is 106 Å². The predicted octanol–water partition coefficient (Wildman–Crippen LogP) is 9.14. The summed E-state index contributed by atoms with van der Waals surface area (Å²) in [5.41, 5.74) is 5.41. The van der Waals surface area contributed by atoms with Gasteiger partial charge in [0.05, 0.1) is 18.6 Å². The molecule has 4 atom stereocenters. The summed E-state index contributed by atoms with van der Waals surface area (Å²) in [5.74, 6) is 2.81. The van der Waals surface area contributed by atoms with Crippen molar-refractivity contribution in [1.82, 2.24) is 4.98 Å². The van der Waals surface area contributed by atoms with Crippen LogP contribution in [0, 0.1) is 18.8 Å². The molecule has 4 aromatic rings. The second-order valence-electron chi connectivity index (χ2n) is 16.9. The van der Waals surface area contributed by atoms with Crippen LogP contribution in [-0.4, -0.2) is 57.9 Å². The summed E-state index contributed by atoms with van der Waals surface area (Å²) < 4.78 is 56.1. The van der Waals surface area contributed by atoms with Crippen LogP contribution in [0.25, 0.3) is 0 Å². The number of aromatic nitrogens is 1. The Bertz CT molecular complexity index is 2260. The molecule has 0 unspecified atom stereocenters. The third kappa shape index (κ3) is 8.02. The van der Waals surface area contributed by atoms with Gasteiger partial charge in [-0.05, 0) is 148 Å². The maximum Gasteiger partial charge on any atom is 0.331 e. The lowest BCUT2D eigenvalue weighted by Crippen LogP contribution is -2.53. The van der Waals surface area contributed by atoms with Crippen molar-refractivity contribution >= 4 is 33.4 Å². The minimum absolute atomic E-state index is 0.102. The van der Waals surface area contributed by atoms with Crippen molar-refractivity contribution in [2.24, 2.45) is 11.8 Å². The monoisotopic (exact) mass is 828 g/mol. The van der Waals surface area contributed by atoms with Gasteiger partial charge in [-0.15, -0.1) is 0 Å². The standard InChI is InChI=1S/C46H53ClN2O8S/c1-29-11-13-37(14-12-29)58(51,52)56-28-36-27-55-41-25-38-32(23-42(41)57-36)22-33(21-30(2)26-54-40-15-20-48-39-10-5-7-31(3)43(39)40)45(38)16-18-46(19-17-45,44(50)53-4)49-35-9-6-8-34(47)24-35/h6,8-9,11-15,20,23-25,30-31,33,36,49H,5,7,10,16-19,21-22,26-28H2,1-4H3/t30-,31-,33+,36+,45?,46?/m1/s1. The number of anilines is 1. The average Bonchev–Trinajstić information content (AvgIpc) is 3.49. The molecule has 1 N–H and O–H groups in total. The molecule has 2 heterocycles. The van der Waals surface area contributed by atoms with E-state index < -0.39 is 21.8 Å². The molecule has 1 fully saturated rings. The van der Waals surface area contributed by atoms with Crippen LogP contribution in [0.5, 0.6) is 17.2 Å². The van der Waals surface area contributed by atoms with Crippen molar-refractivity contribution in [3.05, 3.63) is 106 Å². The zero-order valence-electron chi connectivity index (χ0n) is 33.7. The van der Waals surface area contributed by atoms with E-state index >= 15 is 0 Å². The van der Waals surface area contributed by atoms with Crippen LogP contribution in [0.4, 0.5) is 5.69 Å². The molecule has 3 aliphatic carbocycles. The van der Waals surface area contributed by atoms with Crippen molar-refractivity contribution in [2.75, 3.05) is 32.2 Å². The highest BCUT2D eigenvalue weighted by atomic mass is 35.5. The highest BCUT2D eigenvalue weighted by Gasteiger charge is 2.55. The molecule has 1 spiro atoms. The minimum Gasteiger partial charge on any atom is -0.493 e. The van der Waals surface area contributed by atoms with Crippen molar-refractivity contribution in [3.63, 3.8) is 0 Å². The lowest BCUT2D eigenvalue weighted by atomic mass is 9.59. The highest BCUT2D eigenvalue weighted by molar-refractivity contribution is 7.86. The van der Waals surface area contributed by atoms with Crippen LogP contribution in [0.1, 0.15) is 92.7 Å². The number of esters is 1. The van der Waals surface area contributed by atoms with Gasteiger partial charge in [-0.3, -0.25) is 9.17 Å². The van der Waals surface area contributed by atoms with E-state index in [1.165, 1.54) is 23.8 Å². The maximum absolute atomic E-state index is 13.6. The number of aryl methyl sites for hydroxylation is 2. The number of fused-ring (bicyclic) bond motifs is 4. The van der Waals surface area contributed by atoms with Gasteiger partial charge in [-0.2, -0.15) is 8.42 Å². The van der Waals surface area contributed by atoms with E-state index in [9.17, 15) is 13.2 Å². The van der Waals surface area contributed by atoms with Crippen LogP contribution in [0.15, 0.2) is 77.8 Å². The predicted molar refractivity (Wildman–Crippen MR) is 223 cm³/mol. The fraction of sp³-hybridized carbons (Fsp3) is 0.478. The van der Waals surface area contributed by atoms with Gasteiger partial charge in [0.2, 0.25) is 0 Å². The van der Waals surface area contributed by atoms with Gasteiger partial charge in [0.1, 0.15) is 24.5 Å². The molecule has 10 nitrogen and oxygen atoms in total. The zero-order valence-corrected chi connectivity index (χ0v) is 35.3. The molecule has 0 radical (unpaired) electrons. The van der Waals surface area contributed by atoms with E-state index in [-0.39, 0.29) is 41.3 Å². The summed E-state index contributed by atoms with van der Waals surface area (Å²) in [6, 6.07) is 20.3. The molecule has 8 rings (SSSR count). The highest BCUT2D eigenvalue weighted by Crippen LogP contribution is 2.58. The smallest absolute Gasteiger partial charge is 0.331 e. The van der Waals surface area contributed by atoms with E-state index in [0.717, 1.165) is 67.6 Å². The third-order valence-corrected chi connectivity index (χ3v) is 14.5. The van der Waals surface area contributed by atoms with E-state index in [2.05, 4.69) is 36.3 Å². The van der Waals surface area contributed by atoms with Crippen molar-refractivity contribution in [1.29, 1.82) is 0 Å². The third-order valence-electron chi connectivity index (χ3n) is 13.0. The summed E-state index contributed by atoms with van der Waals surface area (Å²) in [6.07, 6.45) is 8.94. The summed E-state index contributed by atoms with van der Waals surface area (Å²) >= 11 is 6.36. The number of pyridine rings is 1. The Labute approximate surface area is 347 Å². The first-order valence-electron chi connectivity index (χ1n) is 20.5. The molecule has 58 heavy (non-hydrogen) atoms. The normalized spacial score (nSPS) is 25.4. The average molecular weight is 829 g/mol. The molecular formula is C46H53ClN2O8S. The molecule has 1 aromatic heterocycles. The SMILES string of the molecule is COC(=O)C1(Nc2cccc(Cl)c2)CCC2(CC1)c1cc3c(cc1C[C@@H]2C[C@@H](C)COc1ccnc2c1[C@H](C)CCC2)O[C@H](COS(=O)(=O)c1ccc(C)cc1)CO3. The molecule has 0 amide bonds. The molecule has 4 aliphatic rings. The van der Waals surface area contributed by atoms with E-state index in [1.807, 2.05) is 43.5 Å². The van der Waals surface area contributed by atoms with Gasteiger partial charge in [0, 0.05) is 28.2 Å². The molecule has 1 saturated carbocycles. The van der Waals surface area contributed by atoms with Crippen LogP contribution in [0.3, 0.4) is 0 Å². The van der Waals surface area contributed by atoms with E-state index in [0.29, 0.717) is 41.9 Å². The van der Waals surface area contributed by atoms with Crippen molar-refractivity contribution < 1.29 is 36.3 Å². The van der Waals surface area contributed by atoms with Crippen LogP contribution >= 0.6 is 11.6 Å². The first-order chi connectivity index (χ1) is 27.9. The number of nitrogens with one attached hydrogen (secondary N) is 1. The molecular weight excluding hydrogens is 776 g/mol. The second-order valence-corrected chi connectivity index (χ2v) is 19.0. The van der Waals surface area contributed by atoms with Gasteiger partial charge < -0.3 is 24.3 Å². The second kappa shape index (κ2) is 16.4. The maximum atomic E-state index is 13.6.